The molecule has 7 heteroatoms. The number of nitrogens with two attached hydrogens (primary N) is 1. The number of anilines is 2. The van der Waals surface area contributed by atoms with Crippen molar-refractivity contribution >= 4 is 33.8 Å². The number of carbonyl (C=O) groups is 2. The summed E-state index contributed by atoms with van der Waals surface area (Å²) >= 11 is 1.22. The highest BCUT2D eigenvalue weighted by Crippen LogP contribution is 2.38. The normalized spacial score (nSPS) is 14.1. The minimum atomic E-state index is -0.276. The van der Waals surface area contributed by atoms with Crippen molar-refractivity contribution in [3.8, 4) is 0 Å². The van der Waals surface area contributed by atoms with E-state index >= 15 is 0 Å². The molecule has 0 spiro atoms. The van der Waals surface area contributed by atoms with Gasteiger partial charge in [-0.15, -0.1) is 11.3 Å². The van der Waals surface area contributed by atoms with Crippen LogP contribution < -0.4 is 21.7 Å². The van der Waals surface area contributed by atoms with Crippen molar-refractivity contribution in [2.75, 3.05) is 25.1 Å². The van der Waals surface area contributed by atoms with Crippen molar-refractivity contribution in [2.24, 2.45) is 0 Å². The van der Waals surface area contributed by atoms with Gasteiger partial charge in [0, 0.05) is 20.1 Å². The molecule has 1 fully saturated rings. The van der Waals surface area contributed by atoms with Gasteiger partial charge in [-0.2, -0.15) is 0 Å². The van der Waals surface area contributed by atoms with Gasteiger partial charge in [0.25, 0.3) is 11.8 Å². The molecule has 1 saturated carbocycles. The Bertz CT molecular complexity index is 493. The lowest BCUT2D eigenvalue weighted by atomic mass is 10.2. The molecular formula is C11H16N4O2S. The first-order valence-electron chi connectivity index (χ1n) is 5.71. The van der Waals surface area contributed by atoms with E-state index in [2.05, 4.69) is 16.0 Å². The Kier molecular flexibility index (Phi) is 3.42. The number of hydrogen-bond donors (Lipinski definition) is 4. The average Bonchev–Trinajstić information content (AvgIpc) is 3.12. The highest BCUT2D eigenvalue weighted by atomic mass is 32.1. The first-order chi connectivity index (χ1) is 8.58. The molecule has 0 saturated heterocycles. The van der Waals surface area contributed by atoms with Crippen LogP contribution in [0.5, 0.6) is 0 Å². The SMILES string of the molecule is CNC(=O)c1sc(NC2CC2)c(C(=O)NC)c1N. The number of carbonyl (C=O) groups excluding carboxylic acids is 2. The third-order valence-electron chi connectivity index (χ3n) is 2.75. The van der Waals surface area contributed by atoms with Crippen LogP contribution >= 0.6 is 11.3 Å². The van der Waals surface area contributed by atoms with Crippen molar-refractivity contribution in [3.05, 3.63) is 10.4 Å². The van der Waals surface area contributed by atoms with Crippen LogP contribution in [0.4, 0.5) is 10.7 Å². The summed E-state index contributed by atoms with van der Waals surface area (Å²) in [5.41, 5.74) is 6.51. The Morgan fingerprint density at radius 1 is 1.22 bits per heavy atom. The quantitative estimate of drug-likeness (QED) is 0.644. The molecule has 1 aromatic heterocycles. The van der Waals surface area contributed by atoms with Crippen LogP contribution in [0.2, 0.25) is 0 Å². The van der Waals surface area contributed by atoms with Crippen LogP contribution in [0.1, 0.15) is 32.9 Å². The Morgan fingerprint density at radius 3 is 2.33 bits per heavy atom. The van der Waals surface area contributed by atoms with Gasteiger partial charge in [0.1, 0.15) is 9.88 Å². The Balaban J connectivity index is 2.41. The maximum Gasteiger partial charge on any atom is 0.263 e. The van der Waals surface area contributed by atoms with Gasteiger partial charge in [-0.25, -0.2) is 0 Å². The lowest BCUT2D eigenvalue weighted by molar-refractivity contribution is 0.0963. The van der Waals surface area contributed by atoms with Crippen LogP contribution in [0.25, 0.3) is 0 Å². The number of thiophene rings is 1. The summed E-state index contributed by atoms with van der Waals surface area (Å²) in [7, 11) is 3.08. The second-order valence-corrected chi connectivity index (χ2v) is 5.15. The summed E-state index contributed by atoms with van der Waals surface area (Å²) in [5.74, 6) is -0.548. The van der Waals surface area contributed by atoms with Crippen molar-refractivity contribution in [3.63, 3.8) is 0 Å². The molecular weight excluding hydrogens is 252 g/mol. The highest BCUT2D eigenvalue weighted by Gasteiger charge is 2.28. The van der Waals surface area contributed by atoms with E-state index in [0.717, 1.165) is 12.8 Å². The summed E-state index contributed by atoms with van der Waals surface area (Å²) in [5, 5.41) is 8.97. The molecule has 1 aliphatic rings. The molecule has 6 nitrogen and oxygen atoms in total. The summed E-state index contributed by atoms with van der Waals surface area (Å²) in [6, 6.07) is 0.393. The Labute approximate surface area is 109 Å². The molecule has 18 heavy (non-hydrogen) atoms. The van der Waals surface area contributed by atoms with E-state index in [4.69, 9.17) is 5.73 Å². The molecule has 2 rings (SSSR count). The smallest absolute Gasteiger partial charge is 0.263 e. The van der Waals surface area contributed by atoms with E-state index in [-0.39, 0.29) is 17.5 Å². The summed E-state index contributed by atoms with van der Waals surface area (Å²) in [6.45, 7) is 0. The van der Waals surface area contributed by atoms with Gasteiger partial charge in [-0.3, -0.25) is 9.59 Å². The van der Waals surface area contributed by atoms with Gasteiger partial charge in [0.15, 0.2) is 0 Å². The maximum absolute atomic E-state index is 11.8. The van der Waals surface area contributed by atoms with Gasteiger partial charge in [-0.05, 0) is 12.8 Å². The fourth-order valence-corrected chi connectivity index (χ4v) is 2.73. The second kappa shape index (κ2) is 4.85. The molecule has 0 radical (unpaired) electrons. The number of amides is 2. The van der Waals surface area contributed by atoms with E-state index in [9.17, 15) is 9.59 Å². The van der Waals surface area contributed by atoms with Crippen molar-refractivity contribution in [1.82, 2.24) is 10.6 Å². The zero-order valence-corrected chi connectivity index (χ0v) is 11.1. The average molecular weight is 268 g/mol. The number of rotatable bonds is 4. The van der Waals surface area contributed by atoms with Crippen molar-refractivity contribution in [1.29, 1.82) is 0 Å². The third kappa shape index (κ3) is 2.26. The molecule has 0 atom stereocenters. The first-order valence-corrected chi connectivity index (χ1v) is 6.53. The molecule has 0 aromatic carbocycles. The number of nitrogen functional groups attached to an aromatic ring is 1. The molecule has 1 aliphatic carbocycles. The highest BCUT2D eigenvalue weighted by molar-refractivity contribution is 7.19. The van der Waals surface area contributed by atoms with Crippen LogP contribution in [-0.4, -0.2) is 32.0 Å². The van der Waals surface area contributed by atoms with Gasteiger partial charge in [0.05, 0.1) is 11.3 Å². The molecule has 98 valence electrons. The predicted octanol–water partition coefficient (Wildman–Crippen LogP) is 0.624. The topological polar surface area (TPSA) is 96.2 Å². The van der Waals surface area contributed by atoms with Gasteiger partial charge in [0.2, 0.25) is 0 Å². The molecule has 0 bridgehead atoms. The first kappa shape index (κ1) is 12.7. The van der Waals surface area contributed by atoms with Crippen molar-refractivity contribution < 1.29 is 9.59 Å². The fourth-order valence-electron chi connectivity index (χ4n) is 1.59. The Morgan fingerprint density at radius 2 is 1.83 bits per heavy atom. The lowest BCUT2D eigenvalue weighted by Crippen LogP contribution is -2.21. The fraction of sp³-hybridized carbons (Fsp3) is 0.455. The maximum atomic E-state index is 11.8. The van der Waals surface area contributed by atoms with Gasteiger partial charge >= 0.3 is 0 Å². The summed E-state index contributed by atoms with van der Waals surface area (Å²) < 4.78 is 0. The molecule has 0 aliphatic heterocycles. The Hall–Kier alpha value is -1.76. The standard InChI is InChI=1S/C11H16N4O2S/c1-13-9(16)6-7(12)8(10(17)14-2)18-11(6)15-5-3-4-5/h5,15H,3-4,12H2,1-2H3,(H,13,16)(H,14,17). The second-order valence-electron chi connectivity index (χ2n) is 4.13. The molecule has 1 aromatic rings. The van der Waals surface area contributed by atoms with Gasteiger partial charge < -0.3 is 21.7 Å². The van der Waals surface area contributed by atoms with Crippen LogP contribution in [0.15, 0.2) is 0 Å². The largest absolute Gasteiger partial charge is 0.397 e. The number of nitrogens with one attached hydrogen (secondary N) is 3. The van der Waals surface area contributed by atoms with Gasteiger partial charge in [-0.1, -0.05) is 0 Å². The number of hydrogen-bond acceptors (Lipinski definition) is 5. The zero-order valence-electron chi connectivity index (χ0n) is 10.3. The molecule has 2 amide bonds. The molecule has 0 unspecified atom stereocenters. The minimum Gasteiger partial charge on any atom is -0.397 e. The van der Waals surface area contributed by atoms with Crippen LogP contribution in [-0.2, 0) is 0 Å². The minimum absolute atomic E-state index is 0.238. The van der Waals surface area contributed by atoms with E-state index in [1.54, 1.807) is 7.05 Å². The summed E-state index contributed by atoms with van der Waals surface area (Å²) in [4.78, 5) is 23.9. The van der Waals surface area contributed by atoms with E-state index in [0.29, 0.717) is 21.5 Å². The van der Waals surface area contributed by atoms with E-state index < -0.39 is 0 Å². The van der Waals surface area contributed by atoms with Crippen LogP contribution in [0.3, 0.4) is 0 Å². The predicted molar refractivity (Wildman–Crippen MR) is 72.2 cm³/mol. The van der Waals surface area contributed by atoms with E-state index in [1.807, 2.05) is 0 Å². The lowest BCUT2D eigenvalue weighted by Gasteiger charge is -2.05. The van der Waals surface area contributed by atoms with Crippen LogP contribution in [0, 0.1) is 0 Å². The third-order valence-corrected chi connectivity index (χ3v) is 3.88. The zero-order chi connectivity index (χ0) is 13.3. The van der Waals surface area contributed by atoms with Crippen molar-refractivity contribution in [2.45, 2.75) is 18.9 Å². The molecule has 5 N–H and O–H groups in total. The monoisotopic (exact) mass is 268 g/mol. The summed E-state index contributed by atoms with van der Waals surface area (Å²) in [6.07, 6.45) is 2.17. The van der Waals surface area contributed by atoms with E-state index in [1.165, 1.54) is 18.4 Å². The molecule has 1 heterocycles.